The number of ether oxygens (including phenoxy) is 3. The summed E-state index contributed by atoms with van der Waals surface area (Å²) < 4.78 is 13.4. The van der Waals surface area contributed by atoms with Gasteiger partial charge in [0.2, 0.25) is 0 Å². The molecule has 0 atom stereocenters. The minimum atomic E-state index is -0.458. The highest BCUT2D eigenvalue weighted by atomic mass is 16.6. The summed E-state index contributed by atoms with van der Waals surface area (Å²) in [7, 11) is 2.56. The Morgan fingerprint density at radius 2 is 1.67 bits per heavy atom. The van der Waals surface area contributed by atoms with Crippen molar-refractivity contribution in [3.05, 3.63) is 0 Å². The molecule has 12 heavy (non-hydrogen) atoms. The van der Waals surface area contributed by atoms with Crippen molar-refractivity contribution in [2.45, 2.75) is 6.42 Å². The Kier molecular flexibility index (Phi) is 6.00. The summed E-state index contributed by atoms with van der Waals surface area (Å²) in [5.74, 6) is -0.820. The number of carbonyl (C=O) groups excluding carboxylic acids is 2. The number of esters is 2. The molecule has 0 radical (unpaired) electrons. The SMILES string of the molecule is COC(=O)CCOCC(=O)OC. The molecule has 5 nitrogen and oxygen atoms in total. The van der Waals surface area contributed by atoms with Crippen LogP contribution in [0.4, 0.5) is 0 Å². The molecule has 0 aromatic carbocycles. The summed E-state index contributed by atoms with van der Waals surface area (Å²) >= 11 is 0. The lowest BCUT2D eigenvalue weighted by molar-refractivity contribution is -0.148. The summed E-state index contributed by atoms with van der Waals surface area (Å²) in [5, 5.41) is 0. The first-order valence-corrected chi connectivity index (χ1v) is 3.42. The Morgan fingerprint density at radius 3 is 2.17 bits per heavy atom. The van der Waals surface area contributed by atoms with E-state index in [4.69, 9.17) is 4.74 Å². The summed E-state index contributed by atoms with van der Waals surface area (Å²) in [4.78, 5) is 21.0. The third-order valence-corrected chi connectivity index (χ3v) is 1.13. The van der Waals surface area contributed by atoms with Gasteiger partial charge in [-0.15, -0.1) is 0 Å². The smallest absolute Gasteiger partial charge is 0.331 e. The standard InChI is InChI=1S/C7H12O5/c1-10-6(8)3-4-12-5-7(9)11-2/h3-5H2,1-2H3. The van der Waals surface area contributed by atoms with E-state index in [0.717, 1.165) is 0 Å². The molecule has 0 aliphatic heterocycles. The van der Waals surface area contributed by atoms with E-state index in [1.807, 2.05) is 0 Å². The fourth-order valence-corrected chi connectivity index (χ4v) is 0.472. The van der Waals surface area contributed by atoms with Crippen molar-refractivity contribution < 1.29 is 23.8 Å². The topological polar surface area (TPSA) is 61.8 Å². The Labute approximate surface area is 70.6 Å². The third-order valence-electron chi connectivity index (χ3n) is 1.13. The Bertz CT molecular complexity index is 136. The largest absolute Gasteiger partial charge is 0.469 e. The van der Waals surface area contributed by atoms with Gasteiger partial charge in [-0.2, -0.15) is 0 Å². The molecule has 0 spiro atoms. The lowest BCUT2D eigenvalue weighted by Crippen LogP contribution is -2.13. The van der Waals surface area contributed by atoms with E-state index in [0.29, 0.717) is 0 Å². The highest BCUT2D eigenvalue weighted by molar-refractivity contribution is 5.71. The summed E-state index contributed by atoms with van der Waals surface area (Å²) in [6, 6.07) is 0. The van der Waals surface area contributed by atoms with E-state index >= 15 is 0 Å². The number of carbonyl (C=O) groups is 2. The molecule has 0 aromatic rings. The predicted octanol–water partition coefficient (Wildman–Crippen LogP) is -0.261. The molecule has 0 heterocycles. The second kappa shape index (κ2) is 6.60. The lowest BCUT2D eigenvalue weighted by Gasteiger charge is -2.01. The summed E-state index contributed by atoms with van der Waals surface area (Å²) in [6.45, 7) is 0.0370. The van der Waals surface area contributed by atoms with Crippen LogP contribution in [0.5, 0.6) is 0 Å². The maximum atomic E-state index is 10.5. The molecule has 0 saturated heterocycles. The number of hydrogen-bond donors (Lipinski definition) is 0. The zero-order valence-corrected chi connectivity index (χ0v) is 7.16. The average molecular weight is 176 g/mol. The molecule has 70 valence electrons. The molecule has 0 saturated carbocycles. The lowest BCUT2D eigenvalue weighted by atomic mass is 10.5. The van der Waals surface area contributed by atoms with Gasteiger partial charge in [-0.3, -0.25) is 4.79 Å². The second-order valence-electron chi connectivity index (χ2n) is 1.95. The van der Waals surface area contributed by atoms with E-state index in [1.165, 1.54) is 14.2 Å². The molecule has 0 aliphatic carbocycles. The van der Waals surface area contributed by atoms with Gasteiger partial charge in [-0.05, 0) is 0 Å². The maximum Gasteiger partial charge on any atom is 0.331 e. The molecular weight excluding hydrogens is 164 g/mol. The van der Waals surface area contributed by atoms with Crippen LogP contribution >= 0.6 is 0 Å². The normalized spacial score (nSPS) is 9.17. The zero-order chi connectivity index (χ0) is 9.40. The van der Waals surface area contributed by atoms with E-state index in [9.17, 15) is 9.59 Å². The van der Waals surface area contributed by atoms with Crippen molar-refractivity contribution in [1.82, 2.24) is 0 Å². The van der Waals surface area contributed by atoms with Gasteiger partial charge in [0.25, 0.3) is 0 Å². The number of rotatable bonds is 5. The molecule has 0 unspecified atom stereocenters. The van der Waals surface area contributed by atoms with Crippen molar-refractivity contribution in [3.63, 3.8) is 0 Å². The van der Waals surface area contributed by atoms with E-state index in [-0.39, 0.29) is 25.6 Å². The second-order valence-corrected chi connectivity index (χ2v) is 1.95. The first-order valence-electron chi connectivity index (χ1n) is 3.42. The van der Waals surface area contributed by atoms with Crippen LogP contribution in [0.2, 0.25) is 0 Å². The molecule has 0 N–H and O–H groups in total. The van der Waals surface area contributed by atoms with Gasteiger partial charge in [-0.1, -0.05) is 0 Å². The van der Waals surface area contributed by atoms with Crippen LogP contribution in [0.1, 0.15) is 6.42 Å². The third kappa shape index (κ3) is 5.67. The predicted molar refractivity (Wildman–Crippen MR) is 39.5 cm³/mol. The molecule has 5 heteroatoms. The van der Waals surface area contributed by atoms with Gasteiger partial charge in [0.15, 0.2) is 0 Å². The molecule has 0 rings (SSSR count). The molecule has 0 amide bonds. The van der Waals surface area contributed by atoms with Crippen LogP contribution in [0.15, 0.2) is 0 Å². The van der Waals surface area contributed by atoms with Gasteiger partial charge >= 0.3 is 11.9 Å². The van der Waals surface area contributed by atoms with Crippen molar-refractivity contribution in [1.29, 1.82) is 0 Å². The monoisotopic (exact) mass is 176 g/mol. The van der Waals surface area contributed by atoms with E-state index < -0.39 is 5.97 Å². The minimum absolute atomic E-state index is 0.131. The molecule has 0 bridgehead atoms. The van der Waals surface area contributed by atoms with Crippen molar-refractivity contribution >= 4 is 11.9 Å². The van der Waals surface area contributed by atoms with Gasteiger partial charge in [-0.25, -0.2) is 4.79 Å². The van der Waals surface area contributed by atoms with Gasteiger partial charge in [0, 0.05) is 0 Å². The molecular formula is C7H12O5. The van der Waals surface area contributed by atoms with Crippen LogP contribution in [0.25, 0.3) is 0 Å². The summed E-state index contributed by atoms with van der Waals surface area (Å²) in [5.41, 5.74) is 0. The van der Waals surface area contributed by atoms with E-state index in [1.54, 1.807) is 0 Å². The zero-order valence-electron chi connectivity index (χ0n) is 7.16. The fraction of sp³-hybridized carbons (Fsp3) is 0.714. The molecule has 0 aliphatic rings. The van der Waals surface area contributed by atoms with Crippen LogP contribution in [0, 0.1) is 0 Å². The summed E-state index contributed by atoms with van der Waals surface area (Å²) in [6.07, 6.45) is 0.146. The Morgan fingerprint density at radius 1 is 1.08 bits per heavy atom. The van der Waals surface area contributed by atoms with Crippen LogP contribution in [-0.4, -0.2) is 39.4 Å². The van der Waals surface area contributed by atoms with Gasteiger partial charge in [0.05, 0.1) is 27.2 Å². The minimum Gasteiger partial charge on any atom is -0.469 e. The maximum absolute atomic E-state index is 10.5. The highest BCUT2D eigenvalue weighted by Gasteiger charge is 2.02. The molecule has 0 fully saturated rings. The molecule has 0 aromatic heterocycles. The first kappa shape index (κ1) is 10.9. The Balaban J connectivity index is 3.21. The Hall–Kier alpha value is -1.10. The van der Waals surface area contributed by atoms with Gasteiger partial charge < -0.3 is 14.2 Å². The fourth-order valence-electron chi connectivity index (χ4n) is 0.472. The van der Waals surface area contributed by atoms with Gasteiger partial charge in [0.1, 0.15) is 6.61 Å². The van der Waals surface area contributed by atoms with Crippen LogP contribution < -0.4 is 0 Å². The number of methoxy groups -OCH3 is 2. The van der Waals surface area contributed by atoms with Crippen molar-refractivity contribution in [3.8, 4) is 0 Å². The van der Waals surface area contributed by atoms with Crippen LogP contribution in [0.3, 0.4) is 0 Å². The first-order chi connectivity index (χ1) is 5.70. The van der Waals surface area contributed by atoms with Crippen LogP contribution in [-0.2, 0) is 23.8 Å². The quantitative estimate of drug-likeness (QED) is 0.426. The highest BCUT2D eigenvalue weighted by Crippen LogP contribution is 1.86. The van der Waals surface area contributed by atoms with Crippen molar-refractivity contribution in [2.24, 2.45) is 0 Å². The average Bonchev–Trinajstić information content (AvgIpc) is 2.11. The van der Waals surface area contributed by atoms with Crippen molar-refractivity contribution in [2.75, 3.05) is 27.4 Å². The van der Waals surface area contributed by atoms with E-state index in [2.05, 4.69) is 9.47 Å². The number of hydrogen-bond acceptors (Lipinski definition) is 5.